The molecule has 0 N–H and O–H groups in total. The molecule has 0 fully saturated rings. The van der Waals surface area contributed by atoms with Gasteiger partial charge in [-0.05, 0) is 29.8 Å². The Bertz CT molecular complexity index is 1210. The molecule has 0 bridgehead atoms. The molecule has 4 aromatic rings. The molecule has 0 aliphatic carbocycles. The number of nitrogens with zero attached hydrogens (tertiary/aromatic N) is 1. The second kappa shape index (κ2) is 8.88. The molecular formula is C26H23NO4. The zero-order valence-electron chi connectivity index (χ0n) is 17.7. The highest BCUT2D eigenvalue weighted by Crippen LogP contribution is 2.38. The molecule has 5 heteroatoms. The van der Waals surface area contributed by atoms with Gasteiger partial charge in [0, 0.05) is 22.9 Å². The van der Waals surface area contributed by atoms with Crippen LogP contribution in [0.2, 0.25) is 0 Å². The summed E-state index contributed by atoms with van der Waals surface area (Å²) in [5.74, 6) is 1.32. The summed E-state index contributed by atoms with van der Waals surface area (Å²) in [5.41, 5.74) is 4.12. The van der Waals surface area contributed by atoms with E-state index in [0.29, 0.717) is 22.8 Å². The molecule has 3 aromatic carbocycles. The second-order valence-electron chi connectivity index (χ2n) is 7.06. The van der Waals surface area contributed by atoms with Crippen LogP contribution < -0.4 is 14.2 Å². The summed E-state index contributed by atoms with van der Waals surface area (Å²) in [6.45, 7) is 0. The van der Waals surface area contributed by atoms with Crippen LogP contribution in [0.1, 0.15) is 15.9 Å². The standard InChI is InChI=1S/C26H23NO4/c1-29-24-15-19(16-25(30-2)26(24)31-3)23(28)14-18-13-22(17-9-5-4-6-10-17)27-21-12-8-7-11-20(18)21/h4-13,15-16H,14H2,1-3H3. The molecule has 0 amide bonds. The Hall–Kier alpha value is -3.86. The lowest BCUT2D eigenvalue weighted by molar-refractivity contribution is 0.0992. The maximum Gasteiger partial charge on any atom is 0.203 e. The Balaban J connectivity index is 1.77. The SMILES string of the molecule is COc1cc(C(=O)Cc2cc(-c3ccccc3)nc3ccccc23)cc(OC)c1OC. The predicted molar refractivity (Wildman–Crippen MR) is 121 cm³/mol. The number of methoxy groups -OCH3 is 3. The van der Waals surface area contributed by atoms with Crippen LogP contribution >= 0.6 is 0 Å². The number of benzene rings is 3. The van der Waals surface area contributed by atoms with E-state index in [1.165, 1.54) is 21.3 Å². The largest absolute Gasteiger partial charge is 0.493 e. The van der Waals surface area contributed by atoms with Crippen molar-refractivity contribution in [2.75, 3.05) is 21.3 Å². The first-order chi connectivity index (χ1) is 15.1. The van der Waals surface area contributed by atoms with E-state index in [4.69, 9.17) is 19.2 Å². The number of hydrogen-bond donors (Lipinski definition) is 0. The molecule has 0 saturated carbocycles. The van der Waals surface area contributed by atoms with Gasteiger partial charge in [-0.25, -0.2) is 4.98 Å². The van der Waals surface area contributed by atoms with Crippen molar-refractivity contribution in [1.29, 1.82) is 0 Å². The Labute approximate surface area is 181 Å². The number of carbonyl (C=O) groups excluding carboxylic acids is 1. The topological polar surface area (TPSA) is 57.7 Å². The van der Waals surface area contributed by atoms with Crippen LogP contribution in [0.3, 0.4) is 0 Å². The van der Waals surface area contributed by atoms with Gasteiger partial charge in [0.05, 0.1) is 32.5 Å². The Morgan fingerprint density at radius 3 is 2.10 bits per heavy atom. The Morgan fingerprint density at radius 1 is 0.806 bits per heavy atom. The fourth-order valence-electron chi connectivity index (χ4n) is 3.67. The summed E-state index contributed by atoms with van der Waals surface area (Å²) in [6.07, 6.45) is 0.224. The van der Waals surface area contributed by atoms with Crippen molar-refractivity contribution < 1.29 is 19.0 Å². The molecule has 4 rings (SSSR count). The van der Waals surface area contributed by atoms with E-state index in [1.54, 1.807) is 12.1 Å². The second-order valence-corrected chi connectivity index (χ2v) is 7.06. The van der Waals surface area contributed by atoms with Gasteiger partial charge < -0.3 is 14.2 Å². The number of fused-ring (bicyclic) bond motifs is 1. The minimum atomic E-state index is -0.0467. The van der Waals surface area contributed by atoms with Crippen LogP contribution in [0.5, 0.6) is 17.2 Å². The van der Waals surface area contributed by atoms with Crippen molar-refractivity contribution in [1.82, 2.24) is 4.98 Å². The van der Waals surface area contributed by atoms with E-state index >= 15 is 0 Å². The minimum absolute atomic E-state index is 0.0467. The third-order valence-electron chi connectivity index (χ3n) is 5.21. The molecule has 0 atom stereocenters. The highest BCUT2D eigenvalue weighted by molar-refractivity contribution is 6.01. The highest BCUT2D eigenvalue weighted by atomic mass is 16.5. The average molecular weight is 413 g/mol. The molecule has 0 radical (unpaired) electrons. The summed E-state index contributed by atoms with van der Waals surface area (Å²) in [5, 5.41) is 0.961. The number of aromatic nitrogens is 1. The zero-order chi connectivity index (χ0) is 21.8. The van der Waals surface area contributed by atoms with Crippen LogP contribution in [0.15, 0.2) is 72.8 Å². The fourth-order valence-corrected chi connectivity index (χ4v) is 3.67. The van der Waals surface area contributed by atoms with E-state index in [-0.39, 0.29) is 12.2 Å². The van der Waals surface area contributed by atoms with Gasteiger partial charge in [0.15, 0.2) is 17.3 Å². The van der Waals surface area contributed by atoms with Crippen molar-refractivity contribution in [3.8, 4) is 28.5 Å². The van der Waals surface area contributed by atoms with E-state index in [1.807, 2.05) is 60.7 Å². The molecule has 0 saturated heterocycles. The lowest BCUT2D eigenvalue weighted by Crippen LogP contribution is -2.07. The summed E-state index contributed by atoms with van der Waals surface area (Å²) < 4.78 is 16.2. The molecule has 156 valence electrons. The van der Waals surface area contributed by atoms with Crippen molar-refractivity contribution in [2.24, 2.45) is 0 Å². The lowest BCUT2D eigenvalue weighted by atomic mass is 9.97. The minimum Gasteiger partial charge on any atom is -0.493 e. The smallest absolute Gasteiger partial charge is 0.203 e. The van der Waals surface area contributed by atoms with Gasteiger partial charge in [-0.2, -0.15) is 0 Å². The molecule has 1 aromatic heterocycles. The average Bonchev–Trinajstić information content (AvgIpc) is 2.83. The lowest BCUT2D eigenvalue weighted by Gasteiger charge is -2.14. The van der Waals surface area contributed by atoms with Crippen molar-refractivity contribution in [3.05, 3.63) is 83.9 Å². The highest BCUT2D eigenvalue weighted by Gasteiger charge is 2.18. The third-order valence-corrected chi connectivity index (χ3v) is 5.21. The number of pyridine rings is 1. The van der Waals surface area contributed by atoms with Crippen LogP contribution in [0.4, 0.5) is 0 Å². The first-order valence-electron chi connectivity index (χ1n) is 9.92. The number of rotatable bonds is 7. The van der Waals surface area contributed by atoms with E-state index < -0.39 is 0 Å². The summed E-state index contributed by atoms with van der Waals surface area (Å²) in [6, 6.07) is 23.2. The van der Waals surface area contributed by atoms with Crippen LogP contribution in [-0.2, 0) is 6.42 Å². The molecular weight excluding hydrogens is 390 g/mol. The number of Topliss-reactive ketones (excluding diaryl/α,β-unsaturated/α-hetero) is 1. The fraction of sp³-hybridized carbons (Fsp3) is 0.154. The van der Waals surface area contributed by atoms with Gasteiger partial charge in [0.25, 0.3) is 0 Å². The van der Waals surface area contributed by atoms with E-state index in [2.05, 4.69) is 0 Å². The summed E-state index contributed by atoms with van der Waals surface area (Å²) >= 11 is 0. The van der Waals surface area contributed by atoms with Gasteiger partial charge in [-0.3, -0.25) is 4.79 Å². The van der Waals surface area contributed by atoms with Crippen LogP contribution in [0, 0.1) is 0 Å². The molecule has 0 aliphatic heterocycles. The van der Waals surface area contributed by atoms with Gasteiger partial charge >= 0.3 is 0 Å². The van der Waals surface area contributed by atoms with Gasteiger partial charge in [0.2, 0.25) is 5.75 Å². The summed E-state index contributed by atoms with van der Waals surface area (Å²) in [7, 11) is 4.61. The first kappa shape index (κ1) is 20.4. The van der Waals surface area contributed by atoms with Crippen LogP contribution in [-0.4, -0.2) is 32.1 Å². The van der Waals surface area contributed by atoms with Gasteiger partial charge in [-0.15, -0.1) is 0 Å². The van der Waals surface area contributed by atoms with Crippen LogP contribution in [0.25, 0.3) is 22.2 Å². The number of carbonyl (C=O) groups is 1. The first-order valence-corrected chi connectivity index (χ1v) is 9.92. The molecule has 31 heavy (non-hydrogen) atoms. The molecule has 5 nitrogen and oxygen atoms in total. The molecule has 1 heterocycles. The molecule has 0 aliphatic rings. The predicted octanol–water partition coefficient (Wildman–Crippen LogP) is 5.35. The van der Waals surface area contributed by atoms with Crippen molar-refractivity contribution in [3.63, 3.8) is 0 Å². The number of ether oxygens (including phenoxy) is 3. The van der Waals surface area contributed by atoms with E-state index in [9.17, 15) is 4.79 Å². The number of para-hydroxylation sites is 1. The monoisotopic (exact) mass is 413 g/mol. The number of hydrogen-bond acceptors (Lipinski definition) is 5. The summed E-state index contributed by atoms with van der Waals surface area (Å²) in [4.78, 5) is 18.1. The molecule has 0 spiro atoms. The van der Waals surface area contributed by atoms with Gasteiger partial charge in [-0.1, -0.05) is 48.5 Å². The van der Waals surface area contributed by atoms with Crippen molar-refractivity contribution in [2.45, 2.75) is 6.42 Å². The maximum absolute atomic E-state index is 13.3. The zero-order valence-corrected chi connectivity index (χ0v) is 17.7. The van der Waals surface area contributed by atoms with Crippen molar-refractivity contribution >= 4 is 16.7 Å². The van der Waals surface area contributed by atoms with E-state index in [0.717, 1.165) is 27.7 Å². The Kier molecular flexibility index (Phi) is 5.85. The van der Waals surface area contributed by atoms with Gasteiger partial charge in [0.1, 0.15) is 0 Å². The quantitative estimate of drug-likeness (QED) is 0.382. The normalized spacial score (nSPS) is 10.7. The molecule has 0 unspecified atom stereocenters. The number of ketones is 1. The Morgan fingerprint density at radius 2 is 1.45 bits per heavy atom. The maximum atomic E-state index is 13.3. The third kappa shape index (κ3) is 4.08.